The molecular weight excluding hydrogens is 252 g/mol. The molecule has 1 fully saturated rings. The number of nitrogens with zero attached hydrogens (tertiary/aromatic N) is 1. The summed E-state index contributed by atoms with van der Waals surface area (Å²) in [4.78, 5) is 2.28. The highest BCUT2D eigenvalue weighted by atomic mass is 32.2. The van der Waals surface area contributed by atoms with Gasteiger partial charge in [0, 0.05) is 25.3 Å². The monoisotopic (exact) mass is 270 g/mol. The van der Waals surface area contributed by atoms with Crippen molar-refractivity contribution >= 4 is 15.7 Å². The van der Waals surface area contributed by atoms with Crippen molar-refractivity contribution in [2.75, 3.05) is 24.5 Å². The maximum Gasteiger partial charge on any atom is 0.240 e. The van der Waals surface area contributed by atoms with E-state index in [0.717, 1.165) is 12.1 Å². The molecule has 100 valence electrons. The SMILES string of the molecule is CCCNS(=O)(=O)c1ccc(N2CC(O)C2)cc1. The van der Waals surface area contributed by atoms with Crippen LogP contribution in [0.1, 0.15) is 13.3 Å². The van der Waals surface area contributed by atoms with Crippen molar-refractivity contribution in [2.45, 2.75) is 24.3 Å². The van der Waals surface area contributed by atoms with E-state index in [1.54, 1.807) is 24.3 Å². The van der Waals surface area contributed by atoms with Crippen molar-refractivity contribution in [1.82, 2.24) is 4.72 Å². The van der Waals surface area contributed by atoms with Gasteiger partial charge in [-0.3, -0.25) is 0 Å². The molecule has 0 radical (unpaired) electrons. The first-order valence-corrected chi connectivity index (χ1v) is 7.54. The van der Waals surface area contributed by atoms with Crippen molar-refractivity contribution in [1.29, 1.82) is 0 Å². The number of β-amino-alcohol motifs (C(OH)–C–C–N with tert-alkyl or cyclic N) is 1. The van der Waals surface area contributed by atoms with E-state index in [2.05, 4.69) is 4.72 Å². The highest BCUT2D eigenvalue weighted by molar-refractivity contribution is 7.89. The van der Waals surface area contributed by atoms with Gasteiger partial charge in [-0.25, -0.2) is 13.1 Å². The van der Waals surface area contributed by atoms with Crippen LogP contribution in [0.5, 0.6) is 0 Å². The summed E-state index contributed by atoms with van der Waals surface area (Å²) < 4.78 is 26.2. The molecule has 2 N–H and O–H groups in total. The molecule has 1 saturated heterocycles. The van der Waals surface area contributed by atoms with Gasteiger partial charge in [-0.2, -0.15) is 0 Å². The van der Waals surface area contributed by atoms with Gasteiger partial charge >= 0.3 is 0 Å². The lowest BCUT2D eigenvalue weighted by Gasteiger charge is -2.37. The number of benzene rings is 1. The standard InChI is InChI=1S/C12H18N2O3S/c1-2-7-13-18(16,17)12-5-3-10(4-6-12)14-8-11(15)9-14/h3-6,11,13,15H,2,7-9H2,1H3. The average Bonchev–Trinajstić information content (AvgIpc) is 2.33. The first-order chi connectivity index (χ1) is 8.53. The minimum absolute atomic E-state index is 0.264. The van der Waals surface area contributed by atoms with Gasteiger partial charge in [0.05, 0.1) is 11.0 Å². The quantitative estimate of drug-likeness (QED) is 0.820. The van der Waals surface area contributed by atoms with Crippen LogP contribution >= 0.6 is 0 Å². The molecule has 0 atom stereocenters. The Kier molecular flexibility index (Phi) is 3.89. The van der Waals surface area contributed by atoms with E-state index in [9.17, 15) is 13.5 Å². The summed E-state index contributed by atoms with van der Waals surface area (Å²) in [5.74, 6) is 0. The number of rotatable bonds is 5. The second kappa shape index (κ2) is 5.26. The first kappa shape index (κ1) is 13.3. The zero-order valence-corrected chi connectivity index (χ0v) is 11.2. The van der Waals surface area contributed by atoms with Gasteiger partial charge in [-0.15, -0.1) is 0 Å². The zero-order chi connectivity index (χ0) is 13.2. The number of aliphatic hydroxyl groups excluding tert-OH is 1. The lowest BCUT2D eigenvalue weighted by Crippen LogP contribution is -2.50. The molecule has 18 heavy (non-hydrogen) atoms. The third kappa shape index (κ3) is 2.82. The van der Waals surface area contributed by atoms with E-state index in [1.807, 2.05) is 11.8 Å². The fourth-order valence-electron chi connectivity index (χ4n) is 1.82. The lowest BCUT2D eigenvalue weighted by atomic mass is 10.1. The van der Waals surface area contributed by atoms with E-state index >= 15 is 0 Å². The Morgan fingerprint density at radius 1 is 1.33 bits per heavy atom. The Bertz CT molecular complexity index is 493. The first-order valence-electron chi connectivity index (χ1n) is 6.05. The molecule has 0 aromatic heterocycles. The van der Waals surface area contributed by atoms with Crippen LogP contribution in [-0.2, 0) is 10.0 Å². The predicted octanol–water partition coefficient (Wildman–Crippen LogP) is 0.556. The second-order valence-electron chi connectivity index (χ2n) is 4.45. The predicted molar refractivity (Wildman–Crippen MR) is 70.1 cm³/mol. The number of nitrogens with one attached hydrogen (secondary N) is 1. The van der Waals surface area contributed by atoms with Gasteiger partial charge in [-0.1, -0.05) is 6.92 Å². The van der Waals surface area contributed by atoms with Crippen molar-refractivity contribution in [3.63, 3.8) is 0 Å². The molecule has 0 bridgehead atoms. The van der Waals surface area contributed by atoms with Crippen LogP contribution in [-0.4, -0.2) is 39.3 Å². The molecule has 0 amide bonds. The van der Waals surface area contributed by atoms with Crippen molar-refractivity contribution in [2.24, 2.45) is 0 Å². The van der Waals surface area contributed by atoms with Gasteiger partial charge < -0.3 is 10.0 Å². The minimum Gasteiger partial charge on any atom is -0.389 e. The lowest BCUT2D eigenvalue weighted by molar-refractivity contribution is 0.142. The molecule has 1 aromatic carbocycles. The normalized spacial score (nSPS) is 16.7. The molecule has 1 aliphatic rings. The van der Waals surface area contributed by atoms with Gasteiger partial charge in [-0.05, 0) is 30.7 Å². The number of hydrogen-bond donors (Lipinski definition) is 2. The molecule has 0 spiro atoms. The molecular formula is C12H18N2O3S. The molecule has 0 unspecified atom stereocenters. The van der Waals surface area contributed by atoms with E-state index in [1.165, 1.54) is 0 Å². The minimum atomic E-state index is -3.38. The summed E-state index contributed by atoms with van der Waals surface area (Å²) in [6, 6.07) is 6.73. The molecule has 0 saturated carbocycles. The van der Waals surface area contributed by atoms with E-state index in [-0.39, 0.29) is 11.0 Å². The molecule has 1 aromatic rings. The number of hydrogen-bond acceptors (Lipinski definition) is 4. The van der Waals surface area contributed by atoms with Crippen LogP contribution in [0.4, 0.5) is 5.69 Å². The van der Waals surface area contributed by atoms with Crippen LogP contribution in [0.2, 0.25) is 0 Å². The van der Waals surface area contributed by atoms with E-state index < -0.39 is 10.0 Å². The number of sulfonamides is 1. The maximum atomic E-state index is 11.8. The van der Waals surface area contributed by atoms with Crippen LogP contribution in [0.15, 0.2) is 29.2 Å². The van der Waals surface area contributed by atoms with Gasteiger partial charge in [0.25, 0.3) is 0 Å². The summed E-state index contributed by atoms with van der Waals surface area (Å²) in [6.07, 6.45) is 0.503. The van der Waals surface area contributed by atoms with Crippen LogP contribution < -0.4 is 9.62 Å². The summed E-state index contributed by atoms with van der Waals surface area (Å²) in [7, 11) is -3.38. The second-order valence-corrected chi connectivity index (χ2v) is 6.22. The number of aliphatic hydroxyl groups is 1. The largest absolute Gasteiger partial charge is 0.389 e. The third-order valence-electron chi connectivity index (χ3n) is 2.92. The zero-order valence-electron chi connectivity index (χ0n) is 10.3. The van der Waals surface area contributed by atoms with Crippen molar-refractivity contribution in [3.05, 3.63) is 24.3 Å². The van der Waals surface area contributed by atoms with Crippen LogP contribution in [0.25, 0.3) is 0 Å². The maximum absolute atomic E-state index is 11.8. The fourth-order valence-corrected chi connectivity index (χ4v) is 2.96. The van der Waals surface area contributed by atoms with Gasteiger partial charge in [0.15, 0.2) is 0 Å². The van der Waals surface area contributed by atoms with Gasteiger partial charge in [0.2, 0.25) is 10.0 Å². The molecule has 6 heteroatoms. The Balaban J connectivity index is 2.07. The summed E-state index contributed by atoms with van der Waals surface area (Å²) >= 11 is 0. The Morgan fingerprint density at radius 3 is 2.44 bits per heavy atom. The van der Waals surface area contributed by atoms with Gasteiger partial charge in [0.1, 0.15) is 0 Å². The summed E-state index contributed by atoms with van der Waals surface area (Å²) in [5, 5.41) is 9.21. The van der Waals surface area contributed by atoms with Crippen molar-refractivity contribution in [3.8, 4) is 0 Å². The molecule has 5 nitrogen and oxygen atoms in total. The fraction of sp³-hybridized carbons (Fsp3) is 0.500. The highest BCUT2D eigenvalue weighted by Crippen LogP contribution is 2.22. The summed E-state index contributed by atoms with van der Waals surface area (Å²) in [6.45, 7) is 3.59. The topological polar surface area (TPSA) is 69.6 Å². The molecule has 0 aliphatic carbocycles. The smallest absolute Gasteiger partial charge is 0.240 e. The summed E-state index contributed by atoms with van der Waals surface area (Å²) in [5.41, 5.74) is 0.940. The molecule has 2 rings (SSSR count). The molecule has 1 aliphatic heterocycles. The van der Waals surface area contributed by atoms with Crippen LogP contribution in [0, 0.1) is 0 Å². The third-order valence-corrected chi connectivity index (χ3v) is 4.39. The van der Waals surface area contributed by atoms with Crippen LogP contribution in [0.3, 0.4) is 0 Å². The van der Waals surface area contributed by atoms with Crippen molar-refractivity contribution < 1.29 is 13.5 Å². The molecule has 1 heterocycles. The highest BCUT2D eigenvalue weighted by Gasteiger charge is 2.24. The Labute approximate surface area is 107 Å². The van der Waals surface area contributed by atoms with E-state index in [4.69, 9.17) is 0 Å². The Hall–Kier alpha value is -1.11. The number of anilines is 1. The Morgan fingerprint density at radius 2 is 1.94 bits per heavy atom. The van der Waals surface area contributed by atoms with E-state index in [0.29, 0.717) is 19.6 Å². The average molecular weight is 270 g/mol.